The van der Waals surface area contributed by atoms with Crippen LogP contribution in [-0.2, 0) is 9.84 Å². The van der Waals surface area contributed by atoms with E-state index in [0.29, 0.717) is 29.2 Å². The Bertz CT molecular complexity index is 941. The lowest BCUT2D eigenvalue weighted by Gasteiger charge is -2.33. The number of sulfone groups is 1. The lowest BCUT2D eigenvalue weighted by Crippen LogP contribution is -2.37. The number of hydrogen-bond donors (Lipinski definition) is 0. The minimum atomic E-state index is -3.34. The fraction of sp³-hybridized carbons (Fsp3) is 0.500. The quantitative estimate of drug-likeness (QED) is 0.636. The molecule has 0 spiro atoms. The second-order valence-corrected chi connectivity index (χ2v) is 11.8. The van der Waals surface area contributed by atoms with Crippen LogP contribution < -0.4 is 0 Å². The first kappa shape index (κ1) is 20.5. The van der Waals surface area contributed by atoms with Gasteiger partial charge < -0.3 is 4.90 Å². The van der Waals surface area contributed by atoms with Gasteiger partial charge in [-0.3, -0.25) is 0 Å². The van der Waals surface area contributed by atoms with Gasteiger partial charge in [0.25, 0.3) is 0 Å². The molecule has 3 unspecified atom stereocenters. The van der Waals surface area contributed by atoms with Crippen LogP contribution in [-0.4, -0.2) is 37.2 Å². The standard InChI is InChI=1S/C24H30FNO2S/c1-24(2,29(27,28)22-7-4-3-5-8-22)13-6-14-26-17-19-15-21(26)16-23(19)18-9-11-20(25)12-10-18/h3-5,7-12,19,21,23H,6,13-17H2,1-2H3. The molecule has 156 valence electrons. The zero-order valence-electron chi connectivity index (χ0n) is 17.2. The van der Waals surface area contributed by atoms with E-state index in [1.54, 1.807) is 36.4 Å². The van der Waals surface area contributed by atoms with Gasteiger partial charge in [-0.15, -0.1) is 0 Å². The number of nitrogens with zero attached hydrogens (tertiary/aromatic N) is 1. The summed E-state index contributed by atoms with van der Waals surface area (Å²) in [5.74, 6) is 0.991. The number of rotatable bonds is 7. The third-order valence-corrected chi connectivity index (χ3v) is 9.51. The van der Waals surface area contributed by atoms with Crippen LogP contribution in [0.25, 0.3) is 0 Å². The largest absolute Gasteiger partial charge is 0.300 e. The van der Waals surface area contributed by atoms with E-state index in [0.717, 1.165) is 25.9 Å². The Labute approximate surface area is 173 Å². The molecule has 0 amide bonds. The van der Waals surface area contributed by atoms with Crippen LogP contribution >= 0.6 is 0 Å². The third kappa shape index (κ3) is 3.99. The molecule has 0 N–H and O–H groups in total. The van der Waals surface area contributed by atoms with Crippen molar-refractivity contribution in [2.75, 3.05) is 13.1 Å². The summed E-state index contributed by atoms with van der Waals surface area (Å²) in [4.78, 5) is 2.95. The predicted molar refractivity (Wildman–Crippen MR) is 114 cm³/mol. The Kier molecular flexibility index (Phi) is 5.56. The Hall–Kier alpha value is -1.72. The number of benzene rings is 2. The highest BCUT2D eigenvalue weighted by molar-refractivity contribution is 7.92. The van der Waals surface area contributed by atoms with E-state index in [9.17, 15) is 12.8 Å². The van der Waals surface area contributed by atoms with Crippen molar-refractivity contribution in [1.82, 2.24) is 4.90 Å². The molecule has 2 bridgehead atoms. The third-order valence-electron chi connectivity index (χ3n) is 6.96. The number of piperidine rings is 1. The second-order valence-electron chi connectivity index (χ2n) is 9.22. The normalized spacial score (nSPS) is 24.9. The summed E-state index contributed by atoms with van der Waals surface area (Å²) in [5, 5.41) is 0. The van der Waals surface area contributed by atoms with Crippen molar-refractivity contribution in [2.45, 2.75) is 61.1 Å². The van der Waals surface area contributed by atoms with E-state index < -0.39 is 14.6 Å². The van der Waals surface area contributed by atoms with Crippen molar-refractivity contribution < 1.29 is 12.8 Å². The zero-order chi connectivity index (χ0) is 20.6. The molecular weight excluding hydrogens is 385 g/mol. The van der Waals surface area contributed by atoms with E-state index in [4.69, 9.17) is 0 Å². The van der Waals surface area contributed by atoms with Gasteiger partial charge in [0, 0.05) is 12.6 Å². The van der Waals surface area contributed by atoms with Crippen molar-refractivity contribution in [3.63, 3.8) is 0 Å². The Morgan fingerprint density at radius 2 is 1.72 bits per heavy atom. The van der Waals surface area contributed by atoms with Gasteiger partial charge in [-0.05, 0) is 87.7 Å². The molecule has 0 aromatic heterocycles. The Balaban J connectivity index is 1.32. The molecule has 3 atom stereocenters. The first-order valence-corrected chi connectivity index (χ1v) is 12.1. The summed E-state index contributed by atoms with van der Waals surface area (Å²) >= 11 is 0. The van der Waals surface area contributed by atoms with Gasteiger partial charge in [-0.25, -0.2) is 12.8 Å². The lowest BCUT2D eigenvalue weighted by molar-refractivity contribution is 0.194. The van der Waals surface area contributed by atoms with Gasteiger partial charge in [0.05, 0.1) is 9.64 Å². The maximum absolute atomic E-state index is 13.2. The molecule has 5 heteroatoms. The summed E-state index contributed by atoms with van der Waals surface area (Å²) in [7, 11) is -3.34. The van der Waals surface area contributed by atoms with Crippen molar-refractivity contribution in [3.05, 3.63) is 66.0 Å². The van der Waals surface area contributed by atoms with Gasteiger partial charge in [-0.2, -0.15) is 0 Å². The molecule has 4 rings (SSSR count). The molecule has 1 saturated carbocycles. The molecule has 1 aliphatic carbocycles. The zero-order valence-corrected chi connectivity index (χ0v) is 18.0. The molecule has 1 aliphatic heterocycles. The van der Waals surface area contributed by atoms with E-state index in [1.807, 2.05) is 32.0 Å². The minimum absolute atomic E-state index is 0.174. The van der Waals surface area contributed by atoms with Crippen molar-refractivity contribution in [3.8, 4) is 0 Å². The molecule has 1 saturated heterocycles. The SMILES string of the molecule is CC(C)(CCCN1CC2CC1CC2c1ccc(F)cc1)S(=O)(=O)c1ccccc1. The van der Waals surface area contributed by atoms with Gasteiger partial charge >= 0.3 is 0 Å². The van der Waals surface area contributed by atoms with Crippen LogP contribution in [0.15, 0.2) is 59.5 Å². The molecule has 2 fully saturated rings. The summed E-state index contributed by atoms with van der Waals surface area (Å²) < 4.78 is 38.4. The maximum Gasteiger partial charge on any atom is 0.183 e. The van der Waals surface area contributed by atoms with Crippen molar-refractivity contribution in [1.29, 1.82) is 0 Å². The highest BCUT2D eigenvalue weighted by Crippen LogP contribution is 2.47. The number of hydrogen-bond acceptors (Lipinski definition) is 3. The van der Waals surface area contributed by atoms with E-state index in [2.05, 4.69) is 4.90 Å². The first-order chi connectivity index (χ1) is 13.8. The molecule has 2 aromatic carbocycles. The minimum Gasteiger partial charge on any atom is -0.300 e. The fourth-order valence-corrected chi connectivity index (χ4v) is 6.77. The monoisotopic (exact) mass is 415 g/mol. The Morgan fingerprint density at radius 1 is 1.03 bits per heavy atom. The van der Waals surface area contributed by atoms with Gasteiger partial charge in [0.1, 0.15) is 5.82 Å². The first-order valence-electron chi connectivity index (χ1n) is 10.6. The highest BCUT2D eigenvalue weighted by atomic mass is 32.2. The molecular formula is C24H30FNO2S. The average Bonchev–Trinajstić information content (AvgIpc) is 3.29. The molecule has 0 radical (unpaired) electrons. The maximum atomic E-state index is 13.2. The van der Waals surface area contributed by atoms with Crippen LogP contribution in [0.1, 0.15) is 51.0 Å². The number of fused-ring (bicyclic) bond motifs is 2. The smallest absolute Gasteiger partial charge is 0.183 e. The topological polar surface area (TPSA) is 37.4 Å². The molecule has 2 aromatic rings. The number of halogens is 1. The van der Waals surface area contributed by atoms with E-state index in [1.165, 1.54) is 12.0 Å². The summed E-state index contributed by atoms with van der Waals surface area (Å²) in [6.45, 7) is 5.70. The molecule has 3 nitrogen and oxygen atoms in total. The van der Waals surface area contributed by atoms with Crippen molar-refractivity contribution >= 4 is 9.84 Å². The van der Waals surface area contributed by atoms with Gasteiger partial charge in [-0.1, -0.05) is 30.3 Å². The molecule has 1 heterocycles. The van der Waals surface area contributed by atoms with Crippen LogP contribution in [0.4, 0.5) is 4.39 Å². The fourth-order valence-electron chi connectivity index (χ4n) is 5.20. The summed E-state index contributed by atoms with van der Waals surface area (Å²) in [5.41, 5.74) is 1.26. The summed E-state index contributed by atoms with van der Waals surface area (Å²) in [6.07, 6.45) is 3.86. The molecule has 2 aliphatic rings. The van der Waals surface area contributed by atoms with Crippen molar-refractivity contribution in [2.24, 2.45) is 5.92 Å². The van der Waals surface area contributed by atoms with E-state index in [-0.39, 0.29) is 5.82 Å². The van der Waals surface area contributed by atoms with E-state index >= 15 is 0 Å². The average molecular weight is 416 g/mol. The van der Waals surface area contributed by atoms with Crippen LogP contribution in [0.2, 0.25) is 0 Å². The second kappa shape index (κ2) is 7.84. The van der Waals surface area contributed by atoms with Gasteiger partial charge in [0.2, 0.25) is 0 Å². The molecule has 29 heavy (non-hydrogen) atoms. The number of likely N-dealkylation sites (tertiary alicyclic amines) is 1. The summed E-state index contributed by atoms with van der Waals surface area (Å²) in [6, 6.07) is 16.3. The van der Waals surface area contributed by atoms with Gasteiger partial charge in [0.15, 0.2) is 9.84 Å². The van der Waals surface area contributed by atoms with Crippen LogP contribution in [0.5, 0.6) is 0 Å². The predicted octanol–water partition coefficient (Wildman–Crippen LogP) is 5.04. The lowest BCUT2D eigenvalue weighted by atomic mass is 9.87. The highest BCUT2D eigenvalue weighted by Gasteiger charge is 2.45. The van der Waals surface area contributed by atoms with Crippen LogP contribution in [0.3, 0.4) is 0 Å². The Morgan fingerprint density at radius 3 is 2.34 bits per heavy atom. The van der Waals surface area contributed by atoms with Crippen LogP contribution in [0, 0.1) is 11.7 Å².